The Morgan fingerprint density at radius 2 is 2.18 bits per heavy atom. The van der Waals surface area contributed by atoms with E-state index in [0.717, 1.165) is 11.3 Å². The number of hydrogen-bond donors (Lipinski definition) is 2. The molecule has 1 heterocycles. The van der Waals surface area contributed by atoms with Gasteiger partial charge in [0.25, 0.3) is 0 Å². The molecule has 88 valence electrons. The minimum atomic E-state index is 0.414. The number of anilines is 2. The molecular formula is C12H14N4O. The molecule has 0 bridgehead atoms. The molecule has 1 aromatic carbocycles. The van der Waals surface area contributed by atoms with Crippen LogP contribution in [0, 0.1) is 0 Å². The lowest BCUT2D eigenvalue weighted by atomic mass is 10.2. The first kappa shape index (κ1) is 11.2. The largest absolute Gasteiger partial charge is 0.497 e. The highest BCUT2D eigenvalue weighted by Gasteiger charge is 1.97. The Labute approximate surface area is 99.7 Å². The fraction of sp³-hybridized carbons (Fsp3) is 0.167. The lowest BCUT2D eigenvalue weighted by Gasteiger charge is -2.06. The molecule has 0 unspecified atom stereocenters. The molecule has 0 aliphatic heterocycles. The van der Waals surface area contributed by atoms with Gasteiger partial charge in [0.1, 0.15) is 17.4 Å². The Hall–Kier alpha value is -2.30. The van der Waals surface area contributed by atoms with E-state index in [1.807, 2.05) is 24.3 Å². The second-order valence-electron chi connectivity index (χ2n) is 3.53. The van der Waals surface area contributed by atoms with E-state index < -0.39 is 0 Å². The topological polar surface area (TPSA) is 73.1 Å². The van der Waals surface area contributed by atoms with Crippen LogP contribution < -0.4 is 15.8 Å². The summed E-state index contributed by atoms with van der Waals surface area (Å²) in [4.78, 5) is 8.06. The van der Waals surface area contributed by atoms with E-state index in [9.17, 15) is 0 Å². The SMILES string of the molecule is COc1cccc(CNc2cnc(N)cn2)c1. The zero-order chi connectivity index (χ0) is 12.1. The smallest absolute Gasteiger partial charge is 0.144 e. The predicted molar refractivity (Wildman–Crippen MR) is 66.8 cm³/mol. The Morgan fingerprint density at radius 1 is 1.29 bits per heavy atom. The van der Waals surface area contributed by atoms with Crippen molar-refractivity contribution in [3.05, 3.63) is 42.2 Å². The zero-order valence-electron chi connectivity index (χ0n) is 9.55. The first-order valence-corrected chi connectivity index (χ1v) is 5.22. The van der Waals surface area contributed by atoms with Crippen molar-refractivity contribution in [3.63, 3.8) is 0 Å². The first-order chi connectivity index (χ1) is 8.28. The van der Waals surface area contributed by atoms with Gasteiger partial charge in [-0.25, -0.2) is 9.97 Å². The monoisotopic (exact) mass is 230 g/mol. The number of benzene rings is 1. The molecule has 0 saturated carbocycles. The van der Waals surface area contributed by atoms with E-state index in [0.29, 0.717) is 18.2 Å². The highest BCUT2D eigenvalue weighted by atomic mass is 16.5. The fourth-order valence-electron chi connectivity index (χ4n) is 1.40. The zero-order valence-corrected chi connectivity index (χ0v) is 9.55. The van der Waals surface area contributed by atoms with E-state index in [2.05, 4.69) is 15.3 Å². The van der Waals surface area contributed by atoms with E-state index >= 15 is 0 Å². The van der Waals surface area contributed by atoms with E-state index in [1.54, 1.807) is 13.3 Å². The van der Waals surface area contributed by atoms with Crippen LogP contribution >= 0.6 is 0 Å². The number of rotatable bonds is 4. The van der Waals surface area contributed by atoms with Crippen molar-refractivity contribution in [1.29, 1.82) is 0 Å². The minimum Gasteiger partial charge on any atom is -0.497 e. The van der Waals surface area contributed by atoms with Crippen molar-refractivity contribution >= 4 is 11.6 Å². The number of methoxy groups -OCH3 is 1. The molecule has 0 aliphatic carbocycles. The molecule has 5 heteroatoms. The lowest BCUT2D eigenvalue weighted by molar-refractivity contribution is 0.414. The van der Waals surface area contributed by atoms with Gasteiger partial charge in [0.15, 0.2) is 0 Å². The van der Waals surface area contributed by atoms with Crippen molar-refractivity contribution in [3.8, 4) is 5.75 Å². The maximum atomic E-state index is 5.45. The van der Waals surface area contributed by atoms with E-state index in [4.69, 9.17) is 10.5 Å². The normalized spacial score (nSPS) is 9.94. The maximum absolute atomic E-state index is 5.45. The van der Waals surface area contributed by atoms with Gasteiger partial charge in [-0.3, -0.25) is 0 Å². The van der Waals surface area contributed by atoms with Crippen molar-refractivity contribution in [1.82, 2.24) is 9.97 Å². The third kappa shape index (κ3) is 3.07. The van der Waals surface area contributed by atoms with Crippen LogP contribution in [0.3, 0.4) is 0 Å². The molecule has 5 nitrogen and oxygen atoms in total. The highest BCUT2D eigenvalue weighted by molar-refractivity contribution is 5.38. The van der Waals surface area contributed by atoms with Crippen molar-refractivity contribution < 1.29 is 4.74 Å². The third-order valence-electron chi connectivity index (χ3n) is 2.28. The molecule has 0 saturated heterocycles. The maximum Gasteiger partial charge on any atom is 0.144 e. The molecule has 3 N–H and O–H groups in total. The Kier molecular flexibility index (Phi) is 3.40. The lowest BCUT2D eigenvalue weighted by Crippen LogP contribution is -2.02. The number of nitrogens with two attached hydrogens (primary N) is 1. The van der Waals surface area contributed by atoms with Crippen LogP contribution in [-0.4, -0.2) is 17.1 Å². The molecule has 2 aromatic rings. The molecule has 0 amide bonds. The molecule has 0 spiro atoms. The highest BCUT2D eigenvalue weighted by Crippen LogP contribution is 2.13. The van der Waals surface area contributed by atoms with Crippen LogP contribution in [0.5, 0.6) is 5.75 Å². The molecule has 17 heavy (non-hydrogen) atoms. The van der Waals surface area contributed by atoms with Crippen molar-refractivity contribution in [2.24, 2.45) is 0 Å². The summed E-state index contributed by atoms with van der Waals surface area (Å²) in [5.74, 6) is 1.95. The van der Waals surface area contributed by atoms with Crippen LogP contribution in [-0.2, 0) is 6.54 Å². The molecule has 0 fully saturated rings. The molecule has 0 aliphatic rings. The molecule has 0 atom stereocenters. The summed E-state index contributed by atoms with van der Waals surface area (Å²) in [5, 5.41) is 3.15. The standard InChI is InChI=1S/C12H14N4O/c1-17-10-4-2-3-9(5-10)6-15-12-8-14-11(13)7-16-12/h2-5,7-8H,6H2,1H3,(H2,13,14)(H,15,16). The van der Waals surface area contributed by atoms with Gasteiger partial charge >= 0.3 is 0 Å². The van der Waals surface area contributed by atoms with Crippen LogP contribution in [0.2, 0.25) is 0 Å². The fourth-order valence-corrected chi connectivity index (χ4v) is 1.40. The second-order valence-corrected chi connectivity index (χ2v) is 3.53. The van der Waals surface area contributed by atoms with Crippen LogP contribution in [0.4, 0.5) is 11.6 Å². The molecule has 2 rings (SSSR count). The van der Waals surface area contributed by atoms with Gasteiger partial charge in [-0.05, 0) is 17.7 Å². The third-order valence-corrected chi connectivity index (χ3v) is 2.28. The van der Waals surface area contributed by atoms with Crippen LogP contribution in [0.25, 0.3) is 0 Å². The molecule has 1 aromatic heterocycles. The first-order valence-electron chi connectivity index (χ1n) is 5.22. The summed E-state index contributed by atoms with van der Waals surface area (Å²) in [7, 11) is 1.65. The van der Waals surface area contributed by atoms with Gasteiger partial charge in [-0.2, -0.15) is 0 Å². The van der Waals surface area contributed by atoms with Gasteiger partial charge < -0.3 is 15.8 Å². The number of nitrogens with zero attached hydrogens (tertiary/aromatic N) is 2. The number of nitrogens with one attached hydrogen (secondary N) is 1. The molecule has 0 radical (unpaired) electrons. The summed E-state index contributed by atoms with van der Waals surface area (Å²) in [6.45, 7) is 0.662. The summed E-state index contributed by atoms with van der Waals surface area (Å²) in [6.07, 6.45) is 3.13. The van der Waals surface area contributed by atoms with Crippen molar-refractivity contribution in [2.75, 3.05) is 18.2 Å². The van der Waals surface area contributed by atoms with Crippen LogP contribution in [0.1, 0.15) is 5.56 Å². The quantitative estimate of drug-likeness (QED) is 0.836. The van der Waals surface area contributed by atoms with E-state index in [1.165, 1.54) is 6.20 Å². The van der Waals surface area contributed by atoms with Crippen LogP contribution in [0.15, 0.2) is 36.7 Å². The number of ether oxygens (including phenoxy) is 1. The Balaban J connectivity index is 1.99. The summed E-state index contributed by atoms with van der Waals surface area (Å²) in [5.41, 5.74) is 6.57. The van der Waals surface area contributed by atoms with Gasteiger partial charge in [0, 0.05) is 6.54 Å². The summed E-state index contributed by atoms with van der Waals surface area (Å²) in [6, 6.07) is 7.84. The van der Waals surface area contributed by atoms with Gasteiger partial charge in [0.05, 0.1) is 19.5 Å². The average Bonchev–Trinajstić information content (AvgIpc) is 2.38. The minimum absolute atomic E-state index is 0.414. The predicted octanol–water partition coefficient (Wildman–Crippen LogP) is 1.68. The second kappa shape index (κ2) is 5.16. The Morgan fingerprint density at radius 3 is 2.88 bits per heavy atom. The summed E-state index contributed by atoms with van der Waals surface area (Å²) >= 11 is 0. The summed E-state index contributed by atoms with van der Waals surface area (Å²) < 4.78 is 5.15. The Bertz CT molecular complexity index is 484. The van der Waals surface area contributed by atoms with Crippen molar-refractivity contribution in [2.45, 2.75) is 6.54 Å². The molecular weight excluding hydrogens is 216 g/mol. The number of aromatic nitrogens is 2. The van der Waals surface area contributed by atoms with E-state index in [-0.39, 0.29) is 0 Å². The van der Waals surface area contributed by atoms with Gasteiger partial charge in [0.2, 0.25) is 0 Å². The van der Waals surface area contributed by atoms with Gasteiger partial charge in [-0.15, -0.1) is 0 Å². The number of nitrogen functional groups attached to an aromatic ring is 1. The average molecular weight is 230 g/mol. The van der Waals surface area contributed by atoms with Gasteiger partial charge in [-0.1, -0.05) is 12.1 Å². The number of hydrogen-bond acceptors (Lipinski definition) is 5.